The Morgan fingerprint density at radius 1 is 1.19 bits per heavy atom. The third-order valence-corrected chi connectivity index (χ3v) is 6.10. The van der Waals surface area contributed by atoms with Gasteiger partial charge in [0.2, 0.25) is 0 Å². The quantitative estimate of drug-likeness (QED) is 0.410. The van der Waals surface area contributed by atoms with E-state index in [-0.39, 0.29) is 5.97 Å². The Balaban J connectivity index is 2.01. The monoisotopic (exact) mass is 309 g/mol. The first-order valence-electron chi connectivity index (χ1n) is 7.49. The summed E-state index contributed by atoms with van der Waals surface area (Å²) in [4.78, 5) is 11.6. The van der Waals surface area contributed by atoms with Gasteiger partial charge in [0.25, 0.3) is 0 Å². The third-order valence-electron chi connectivity index (χ3n) is 3.43. The van der Waals surface area contributed by atoms with Crippen molar-refractivity contribution in [1.82, 2.24) is 5.32 Å². The van der Waals surface area contributed by atoms with Gasteiger partial charge in [-0.25, -0.2) is 0 Å². The van der Waals surface area contributed by atoms with Crippen LogP contribution in [0.4, 0.5) is 0 Å². The molecule has 0 radical (unpaired) electrons. The van der Waals surface area contributed by atoms with Crippen molar-refractivity contribution >= 4 is 14.3 Å². The number of nitrogens with one attached hydrogen (secondary N) is 1. The predicted octanol–water partition coefficient (Wildman–Crippen LogP) is 2.95. The smallest absolute Gasteiger partial charge is 0.307 e. The average Bonchev–Trinajstić information content (AvgIpc) is 2.49. The van der Waals surface area contributed by atoms with Crippen molar-refractivity contribution in [3.63, 3.8) is 0 Å². The van der Waals surface area contributed by atoms with Gasteiger partial charge in [-0.3, -0.25) is 4.79 Å². The molecule has 0 fully saturated rings. The molecule has 0 bridgehead atoms. The van der Waals surface area contributed by atoms with Gasteiger partial charge in [0.1, 0.15) is 6.61 Å². The first-order valence-corrected chi connectivity index (χ1v) is 10.6. The summed E-state index contributed by atoms with van der Waals surface area (Å²) in [7, 11) is 0.353. The second-order valence-electron chi connectivity index (χ2n) is 5.71. The van der Waals surface area contributed by atoms with E-state index < -0.39 is 8.32 Å². The molecule has 5 heteroatoms. The summed E-state index contributed by atoms with van der Waals surface area (Å²) < 4.78 is 10.7. The summed E-state index contributed by atoms with van der Waals surface area (Å²) in [6, 6.07) is 10.9. The molecule has 21 heavy (non-hydrogen) atoms. The van der Waals surface area contributed by atoms with Crippen molar-refractivity contribution in [2.24, 2.45) is 0 Å². The summed E-state index contributed by atoms with van der Waals surface area (Å²) >= 11 is 0. The zero-order valence-corrected chi connectivity index (χ0v) is 14.4. The molecule has 1 aromatic carbocycles. The van der Waals surface area contributed by atoms with Gasteiger partial charge < -0.3 is 14.5 Å². The SMILES string of the molecule is CO[Si](C)(C)CCCNCCC(=O)OCc1ccccc1. The molecule has 0 amide bonds. The second-order valence-corrected chi connectivity index (χ2v) is 10.1. The number of ether oxygens (including phenoxy) is 1. The lowest BCUT2D eigenvalue weighted by molar-refractivity contribution is -0.144. The van der Waals surface area contributed by atoms with Crippen LogP contribution in [-0.4, -0.2) is 34.5 Å². The van der Waals surface area contributed by atoms with Gasteiger partial charge in [-0.05, 0) is 37.7 Å². The fourth-order valence-corrected chi connectivity index (χ4v) is 3.10. The largest absolute Gasteiger partial charge is 0.461 e. The van der Waals surface area contributed by atoms with E-state index in [2.05, 4.69) is 18.4 Å². The summed E-state index contributed by atoms with van der Waals surface area (Å²) in [6.07, 6.45) is 1.50. The molecule has 1 N–H and O–H groups in total. The standard InChI is InChI=1S/C16H27NO3Si/c1-19-21(2,3)13-7-11-17-12-10-16(18)20-14-15-8-5-4-6-9-15/h4-6,8-9,17H,7,10-14H2,1-3H3. The average molecular weight is 309 g/mol. The fraction of sp³-hybridized carbons (Fsp3) is 0.562. The van der Waals surface area contributed by atoms with Crippen LogP contribution in [0.25, 0.3) is 0 Å². The van der Waals surface area contributed by atoms with Crippen LogP contribution in [0.2, 0.25) is 19.1 Å². The normalized spacial score (nSPS) is 11.4. The summed E-state index contributed by atoms with van der Waals surface area (Å²) in [5, 5.41) is 3.28. The molecule has 0 saturated heterocycles. The predicted molar refractivity (Wildman–Crippen MR) is 87.6 cm³/mol. The number of esters is 1. The van der Waals surface area contributed by atoms with E-state index in [1.165, 1.54) is 0 Å². The zero-order chi connectivity index (χ0) is 15.6. The van der Waals surface area contributed by atoms with Crippen molar-refractivity contribution in [1.29, 1.82) is 0 Å². The highest BCUT2D eigenvalue weighted by atomic mass is 28.4. The van der Waals surface area contributed by atoms with E-state index in [4.69, 9.17) is 9.16 Å². The first kappa shape index (κ1) is 17.9. The summed E-state index contributed by atoms with van der Waals surface area (Å²) in [6.45, 7) is 6.38. The van der Waals surface area contributed by atoms with E-state index in [1.807, 2.05) is 30.3 Å². The van der Waals surface area contributed by atoms with Crippen LogP contribution in [-0.2, 0) is 20.6 Å². The van der Waals surface area contributed by atoms with Crippen molar-refractivity contribution < 1.29 is 14.0 Å². The van der Waals surface area contributed by atoms with Crippen LogP contribution < -0.4 is 5.32 Å². The van der Waals surface area contributed by atoms with Crippen molar-refractivity contribution in [2.45, 2.75) is 38.6 Å². The molecule has 0 aliphatic carbocycles. The molecule has 0 atom stereocenters. The van der Waals surface area contributed by atoms with Crippen LogP contribution in [0.3, 0.4) is 0 Å². The molecule has 0 spiro atoms. The molecule has 0 aliphatic rings. The van der Waals surface area contributed by atoms with E-state index in [1.54, 1.807) is 7.11 Å². The molecule has 0 saturated carbocycles. The van der Waals surface area contributed by atoms with Crippen LogP contribution in [0.5, 0.6) is 0 Å². The maximum Gasteiger partial charge on any atom is 0.307 e. The lowest BCUT2D eigenvalue weighted by Gasteiger charge is -2.19. The minimum absolute atomic E-state index is 0.155. The number of benzene rings is 1. The maximum atomic E-state index is 11.6. The summed E-state index contributed by atoms with van der Waals surface area (Å²) in [5.74, 6) is -0.155. The lowest BCUT2D eigenvalue weighted by atomic mass is 10.2. The second kappa shape index (κ2) is 9.71. The molecule has 118 valence electrons. The molecule has 1 rings (SSSR count). The van der Waals surface area contributed by atoms with Crippen LogP contribution in [0.15, 0.2) is 30.3 Å². The summed E-state index contributed by atoms with van der Waals surface area (Å²) in [5.41, 5.74) is 1.02. The zero-order valence-electron chi connectivity index (χ0n) is 13.4. The lowest BCUT2D eigenvalue weighted by Crippen LogP contribution is -2.30. The Labute approximate surface area is 129 Å². The number of rotatable bonds is 10. The van der Waals surface area contributed by atoms with E-state index in [0.717, 1.165) is 24.6 Å². The van der Waals surface area contributed by atoms with Gasteiger partial charge in [0, 0.05) is 13.7 Å². The number of carbonyl (C=O) groups excluding carboxylic acids is 1. The number of carbonyl (C=O) groups is 1. The van der Waals surface area contributed by atoms with Crippen molar-refractivity contribution in [3.05, 3.63) is 35.9 Å². The Morgan fingerprint density at radius 2 is 1.90 bits per heavy atom. The molecule has 4 nitrogen and oxygen atoms in total. The third kappa shape index (κ3) is 8.65. The van der Waals surface area contributed by atoms with E-state index in [0.29, 0.717) is 19.6 Å². The van der Waals surface area contributed by atoms with Crippen LogP contribution >= 0.6 is 0 Å². The Morgan fingerprint density at radius 3 is 2.57 bits per heavy atom. The first-order chi connectivity index (χ1) is 10.0. The minimum atomic E-state index is -1.44. The molecule has 1 aromatic rings. The number of hydrogen-bond donors (Lipinski definition) is 1. The minimum Gasteiger partial charge on any atom is -0.461 e. The van der Waals surface area contributed by atoms with Crippen molar-refractivity contribution in [2.75, 3.05) is 20.2 Å². The Hall–Kier alpha value is -1.17. The topological polar surface area (TPSA) is 47.6 Å². The van der Waals surface area contributed by atoms with E-state index >= 15 is 0 Å². The van der Waals surface area contributed by atoms with Gasteiger partial charge in [-0.15, -0.1) is 0 Å². The molecule has 0 unspecified atom stereocenters. The van der Waals surface area contributed by atoms with Gasteiger partial charge in [0.05, 0.1) is 6.42 Å². The van der Waals surface area contributed by atoms with E-state index in [9.17, 15) is 4.79 Å². The van der Waals surface area contributed by atoms with Gasteiger partial charge in [0.15, 0.2) is 8.32 Å². The molecular formula is C16H27NO3Si. The van der Waals surface area contributed by atoms with Crippen LogP contribution in [0.1, 0.15) is 18.4 Å². The Kier molecular flexibility index (Phi) is 8.26. The van der Waals surface area contributed by atoms with Gasteiger partial charge >= 0.3 is 5.97 Å². The molecule has 0 aliphatic heterocycles. The van der Waals surface area contributed by atoms with Crippen molar-refractivity contribution in [3.8, 4) is 0 Å². The van der Waals surface area contributed by atoms with Gasteiger partial charge in [-0.1, -0.05) is 30.3 Å². The van der Waals surface area contributed by atoms with Gasteiger partial charge in [-0.2, -0.15) is 0 Å². The highest BCUT2D eigenvalue weighted by Crippen LogP contribution is 2.11. The highest BCUT2D eigenvalue weighted by Gasteiger charge is 2.19. The Bertz CT molecular complexity index is 409. The fourth-order valence-electron chi connectivity index (χ4n) is 1.87. The molecule has 0 heterocycles. The molecular weight excluding hydrogens is 282 g/mol. The maximum absolute atomic E-state index is 11.6. The number of hydrogen-bond acceptors (Lipinski definition) is 4. The van der Waals surface area contributed by atoms with Crippen LogP contribution in [0, 0.1) is 0 Å². The highest BCUT2D eigenvalue weighted by molar-refractivity contribution is 6.71. The molecule has 0 aromatic heterocycles.